The molecule has 2 N–H and O–H groups in total. The van der Waals surface area contributed by atoms with E-state index in [9.17, 15) is 8.42 Å². The van der Waals surface area contributed by atoms with E-state index >= 15 is 0 Å². The number of sulfonamides is 1. The summed E-state index contributed by atoms with van der Waals surface area (Å²) in [4.78, 5) is 2.23. The van der Waals surface area contributed by atoms with Crippen LogP contribution in [0.25, 0.3) is 0 Å². The molecule has 2 rings (SSSR count). The van der Waals surface area contributed by atoms with Crippen molar-refractivity contribution >= 4 is 21.4 Å². The van der Waals surface area contributed by atoms with Crippen molar-refractivity contribution in [2.24, 2.45) is 0 Å². The maximum absolute atomic E-state index is 12.5. The van der Waals surface area contributed by atoms with Crippen molar-refractivity contribution in [1.82, 2.24) is 10.0 Å². The van der Waals surface area contributed by atoms with Gasteiger partial charge in [0.05, 0.1) is 11.0 Å². The van der Waals surface area contributed by atoms with Gasteiger partial charge in [-0.1, -0.05) is 0 Å². The standard InChI is InChI=1S/C13H22N2O3S2/c1-9(12-5-4-6-18-12)15-20(16,17)13-7-11(8-14-3)19-10(13)2/h7,9,12,14-15H,4-6,8H2,1-3H3. The Balaban J connectivity index is 2.13. The Labute approximate surface area is 124 Å². The van der Waals surface area contributed by atoms with E-state index in [1.54, 1.807) is 6.07 Å². The average molecular weight is 318 g/mol. The lowest BCUT2D eigenvalue weighted by Crippen LogP contribution is -2.40. The summed E-state index contributed by atoms with van der Waals surface area (Å²) in [6.07, 6.45) is 1.90. The second-order valence-corrected chi connectivity index (χ2v) is 8.15. The molecule has 1 aromatic rings. The van der Waals surface area contributed by atoms with Crippen LogP contribution in [-0.2, 0) is 21.3 Å². The van der Waals surface area contributed by atoms with Gasteiger partial charge in [0.1, 0.15) is 0 Å². The molecule has 0 saturated carbocycles. The molecule has 0 amide bonds. The molecule has 1 aliphatic rings. The number of rotatable bonds is 6. The van der Waals surface area contributed by atoms with Crippen LogP contribution in [0.15, 0.2) is 11.0 Å². The smallest absolute Gasteiger partial charge is 0.242 e. The third kappa shape index (κ3) is 3.59. The first-order chi connectivity index (χ1) is 9.44. The van der Waals surface area contributed by atoms with Gasteiger partial charge in [0.15, 0.2) is 0 Å². The molecule has 0 spiro atoms. The zero-order chi connectivity index (χ0) is 14.8. The van der Waals surface area contributed by atoms with Crippen LogP contribution >= 0.6 is 11.3 Å². The fraction of sp³-hybridized carbons (Fsp3) is 0.692. The highest BCUT2D eigenvalue weighted by atomic mass is 32.2. The zero-order valence-corrected chi connectivity index (χ0v) is 13.7. The SMILES string of the molecule is CNCc1cc(S(=O)(=O)NC(C)C2CCCO2)c(C)s1. The minimum atomic E-state index is -3.47. The quantitative estimate of drug-likeness (QED) is 0.836. The molecule has 2 heterocycles. The molecular formula is C13H22N2O3S2. The molecule has 0 aliphatic carbocycles. The largest absolute Gasteiger partial charge is 0.377 e. The van der Waals surface area contributed by atoms with E-state index in [1.807, 2.05) is 20.9 Å². The van der Waals surface area contributed by atoms with Gasteiger partial charge in [0.2, 0.25) is 10.0 Å². The number of ether oxygens (including phenoxy) is 1. The van der Waals surface area contributed by atoms with Crippen molar-refractivity contribution in [3.63, 3.8) is 0 Å². The molecule has 20 heavy (non-hydrogen) atoms. The summed E-state index contributed by atoms with van der Waals surface area (Å²) in [5.74, 6) is 0. The second kappa shape index (κ2) is 6.53. The van der Waals surface area contributed by atoms with Gasteiger partial charge in [-0.25, -0.2) is 13.1 Å². The van der Waals surface area contributed by atoms with Gasteiger partial charge in [0.25, 0.3) is 0 Å². The Kier molecular flexibility index (Phi) is 5.19. The first-order valence-electron chi connectivity index (χ1n) is 6.82. The molecule has 0 radical (unpaired) electrons. The van der Waals surface area contributed by atoms with Crippen molar-refractivity contribution in [2.45, 2.75) is 50.3 Å². The van der Waals surface area contributed by atoms with E-state index in [0.717, 1.165) is 29.2 Å². The highest BCUT2D eigenvalue weighted by Crippen LogP contribution is 2.26. The Hall–Kier alpha value is -0.470. The first kappa shape index (κ1) is 15.9. The molecule has 1 saturated heterocycles. The Morgan fingerprint density at radius 3 is 2.90 bits per heavy atom. The van der Waals surface area contributed by atoms with Crippen LogP contribution in [0.5, 0.6) is 0 Å². The van der Waals surface area contributed by atoms with Crippen molar-refractivity contribution in [1.29, 1.82) is 0 Å². The lowest BCUT2D eigenvalue weighted by atomic mass is 10.1. The van der Waals surface area contributed by atoms with Crippen molar-refractivity contribution in [3.05, 3.63) is 15.8 Å². The topological polar surface area (TPSA) is 67.4 Å². The van der Waals surface area contributed by atoms with Crippen LogP contribution in [0.3, 0.4) is 0 Å². The summed E-state index contributed by atoms with van der Waals surface area (Å²) in [6, 6.07) is 1.55. The maximum atomic E-state index is 12.5. The summed E-state index contributed by atoms with van der Waals surface area (Å²) < 4.78 is 33.2. The molecule has 7 heteroatoms. The molecule has 1 aliphatic heterocycles. The molecule has 5 nitrogen and oxygen atoms in total. The van der Waals surface area contributed by atoms with Crippen LogP contribution in [0, 0.1) is 6.92 Å². The van der Waals surface area contributed by atoms with Gasteiger partial charge in [-0.15, -0.1) is 11.3 Å². The summed E-state index contributed by atoms with van der Waals surface area (Å²) in [6.45, 7) is 5.11. The van der Waals surface area contributed by atoms with Crippen LogP contribution < -0.4 is 10.0 Å². The van der Waals surface area contributed by atoms with Crippen molar-refractivity contribution in [2.75, 3.05) is 13.7 Å². The fourth-order valence-corrected chi connectivity index (χ4v) is 5.35. The lowest BCUT2D eigenvalue weighted by Gasteiger charge is -2.19. The maximum Gasteiger partial charge on any atom is 0.242 e. The summed E-state index contributed by atoms with van der Waals surface area (Å²) in [7, 11) is -1.62. The van der Waals surface area contributed by atoms with Gasteiger partial charge in [-0.05, 0) is 39.8 Å². The molecular weight excluding hydrogens is 296 g/mol. The van der Waals surface area contributed by atoms with Crippen molar-refractivity contribution < 1.29 is 13.2 Å². The van der Waals surface area contributed by atoms with E-state index < -0.39 is 10.0 Å². The Bertz CT molecular complexity index is 548. The number of thiophene rings is 1. The van der Waals surface area contributed by atoms with E-state index in [1.165, 1.54) is 11.3 Å². The van der Waals surface area contributed by atoms with Crippen LogP contribution in [0.2, 0.25) is 0 Å². The normalized spacial score (nSPS) is 21.2. The molecule has 0 aromatic carbocycles. The zero-order valence-electron chi connectivity index (χ0n) is 12.1. The highest BCUT2D eigenvalue weighted by Gasteiger charge is 2.28. The van der Waals surface area contributed by atoms with E-state index in [0.29, 0.717) is 11.4 Å². The van der Waals surface area contributed by atoms with Gasteiger partial charge in [0, 0.05) is 28.9 Å². The predicted octanol–water partition coefficient (Wildman–Crippen LogP) is 1.62. The van der Waals surface area contributed by atoms with Crippen molar-refractivity contribution in [3.8, 4) is 0 Å². The molecule has 1 aromatic heterocycles. The number of hydrogen-bond donors (Lipinski definition) is 2. The number of nitrogens with one attached hydrogen (secondary N) is 2. The molecule has 114 valence electrons. The highest BCUT2D eigenvalue weighted by molar-refractivity contribution is 7.89. The second-order valence-electron chi connectivity index (χ2n) is 5.12. The van der Waals surface area contributed by atoms with Crippen LogP contribution in [0.4, 0.5) is 0 Å². The van der Waals surface area contributed by atoms with Crippen LogP contribution in [0.1, 0.15) is 29.5 Å². The van der Waals surface area contributed by atoms with E-state index in [-0.39, 0.29) is 12.1 Å². The molecule has 0 bridgehead atoms. The summed E-state index contributed by atoms with van der Waals surface area (Å²) in [5, 5.41) is 3.04. The monoisotopic (exact) mass is 318 g/mol. The van der Waals surface area contributed by atoms with Gasteiger partial charge >= 0.3 is 0 Å². The van der Waals surface area contributed by atoms with Crippen LogP contribution in [-0.4, -0.2) is 34.2 Å². The Morgan fingerprint density at radius 2 is 2.30 bits per heavy atom. The first-order valence-corrected chi connectivity index (χ1v) is 9.12. The number of hydrogen-bond acceptors (Lipinski definition) is 5. The van der Waals surface area contributed by atoms with E-state index in [2.05, 4.69) is 10.0 Å². The van der Waals surface area contributed by atoms with E-state index in [4.69, 9.17) is 4.74 Å². The predicted molar refractivity (Wildman–Crippen MR) is 80.6 cm³/mol. The average Bonchev–Trinajstić information content (AvgIpc) is 2.98. The molecule has 2 unspecified atom stereocenters. The molecule has 2 atom stereocenters. The number of aryl methyl sites for hydroxylation is 1. The van der Waals surface area contributed by atoms with Gasteiger partial charge in [-0.2, -0.15) is 0 Å². The third-order valence-electron chi connectivity index (χ3n) is 3.43. The Morgan fingerprint density at radius 1 is 1.55 bits per heavy atom. The summed E-state index contributed by atoms with van der Waals surface area (Å²) >= 11 is 1.51. The lowest BCUT2D eigenvalue weighted by molar-refractivity contribution is 0.0902. The minimum absolute atomic E-state index is 0.0134. The van der Waals surface area contributed by atoms with Gasteiger partial charge < -0.3 is 10.1 Å². The molecule has 1 fully saturated rings. The minimum Gasteiger partial charge on any atom is -0.377 e. The fourth-order valence-electron chi connectivity index (χ4n) is 2.43. The summed E-state index contributed by atoms with van der Waals surface area (Å²) in [5.41, 5.74) is 0. The van der Waals surface area contributed by atoms with Gasteiger partial charge in [-0.3, -0.25) is 0 Å². The third-order valence-corrected chi connectivity index (χ3v) is 6.29.